The number of carbonyl (C=O) groups is 3. The smallest absolute Gasteiger partial charge is 0.306 e. The molecule has 6 heteroatoms. The van der Waals surface area contributed by atoms with Crippen molar-refractivity contribution in [1.82, 2.24) is 0 Å². The summed E-state index contributed by atoms with van der Waals surface area (Å²) in [6, 6.07) is 0. The van der Waals surface area contributed by atoms with Crippen molar-refractivity contribution < 1.29 is 28.6 Å². The van der Waals surface area contributed by atoms with Crippen LogP contribution in [0.1, 0.15) is 387 Å². The maximum absolute atomic E-state index is 12.9. The Morgan fingerprint density at radius 3 is 0.756 bits per heavy atom. The maximum atomic E-state index is 12.9. The number of ether oxygens (including phenoxy) is 3. The van der Waals surface area contributed by atoms with Gasteiger partial charge in [-0.25, -0.2) is 0 Å². The summed E-state index contributed by atoms with van der Waals surface area (Å²) in [6.45, 7) is 6.58. The lowest BCUT2D eigenvalue weighted by Gasteiger charge is -2.18. The summed E-state index contributed by atoms with van der Waals surface area (Å²) >= 11 is 0. The molecule has 6 nitrogen and oxygen atoms in total. The lowest BCUT2D eigenvalue weighted by atomic mass is 10.0. The van der Waals surface area contributed by atoms with Crippen LogP contribution >= 0.6 is 0 Å². The van der Waals surface area contributed by atoms with Gasteiger partial charge in [-0.3, -0.25) is 14.4 Å². The van der Waals surface area contributed by atoms with Gasteiger partial charge in [0.15, 0.2) is 6.10 Å². The van der Waals surface area contributed by atoms with Gasteiger partial charge >= 0.3 is 17.9 Å². The van der Waals surface area contributed by atoms with Gasteiger partial charge in [0.05, 0.1) is 0 Å². The first kappa shape index (κ1) is 79.1. The summed E-state index contributed by atoms with van der Waals surface area (Å²) in [5, 5.41) is 0. The van der Waals surface area contributed by atoms with E-state index in [4.69, 9.17) is 14.2 Å². The van der Waals surface area contributed by atoms with Crippen LogP contribution in [0, 0.1) is 0 Å². The second kappa shape index (κ2) is 70.6. The molecular formula is C76H138O6. The Bertz CT molecular complexity index is 1460. The highest BCUT2D eigenvalue weighted by Gasteiger charge is 2.19. The van der Waals surface area contributed by atoms with Gasteiger partial charge in [0, 0.05) is 19.3 Å². The van der Waals surface area contributed by atoms with Crippen LogP contribution in [-0.4, -0.2) is 37.2 Å². The molecule has 0 aliphatic heterocycles. The monoisotopic (exact) mass is 1150 g/mol. The fraction of sp³-hybridized carbons (Fsp3) is 0.829. The van der Waals surface area contributed by atoms with Crippen LogP contribution in [0.25, 0.3) is 0 Å². The van der Waals surface area contributed by atoms with Crippen molar-refractivity contribution in [1.29, 1.82) is 0 Å². The average molecular weight is 1150 g/mol. The predicted molar refractivity (Wildman–Crippen MR) is 358 cm³/mol. The van der Waals surface area contributed by atoms with Crippen molar-refractivity contribution in [2.45, 2.75) is 393 Å². The Balaban J connectivity index is 4.13. The first-order chi connectivity index (χ1) is 40.5. The van der Waals surface area contributed by atoms with E-state index in [9.17, 15) is 14.4 Å². The van der Waals surface area contributed by atoms with E-state index in [1.54, 1.807) is 0 Å². The SMILES string of the molecule is CC/C=C\C/C=C\C/C=C\C/C=C\CCCCCCCCCCCCCCCCCCCCCCC(=O)OCC(COC(=O)CCCCCCCCCCCCCCC)OC(=O)CCCCCCCCC/C=C\CCCCCCCCC. The molecule has 0 saturated carbocycles. The van der Waals surface area contributed by atoms with Crippen LogP contribution in [-0.2, 0) is 28.6 Å². The second-order valence-corrected chi connectivity index (χ2v) is 24.5. The topological polar surface area (TPSA) is 78.9 Å². The lowest BCUT2D eigenvalue weighted by Crippen LogP contribution is -2.30. The van der Waals surface area contributed by atoms with Crippen LogP contribution in [0.4, 0.5) is 0 Å². The maximum Gasteiger partial charge on any atom is 0.306 e. The Labute approximate surface area is 510 Å². The lowest BCUT2D eigenvalue weighted by molar-refractivity contribution is -0.167. The highest BCUT2D eigenvalue weighted by molar-refractivity contribution is 5.71. The number of hydrogen-bond acceptors (Lipinski definition) is 6. The van der Waals surface area contributed by atoms with Crippen LogP contribution in [0.5, 0.6) is 0 Å². The van der Waals surface area contributed by atoms with Gasteiger partial charge in [-0.2, -0.15) is 0 Å². The molecule has 0 amide bonds. The highest BCUT2D eigenvalue weighted by Crippen LogP contribution is 2.18. The normalized spacial score (nSPS) is 12.4. The number of unbranched alkanes of at least 4 members (excludes halogenated alkanes) is 46. The van der Waals surface area contributed by atoms with Gasteiger partial charge in [-0.05, 0) is 83.5 Å². The van der Waals surface area contributed by atoms with Crippen molar-refractivity contribution in [3.8, 4) is 0 Å². The number of hydrogen-bond donors (Lipinski definition) is 0. The molecule has 0 aliphatic carbocycles. The molecule has 0 saturated heterocycles. The Morgan fingerprint density at radius 2 is 0.476 bits per heavy atom. The van der Waals surface area contributed by atoms with E-state index in [2.05, 4.69) is 81.5 Å². The number of rotatable bonds is 67. The highest BCUT2D eigenvalue weighted by atomic mass is 16.6. The zero-order valence-corrected chi connectivity index (χ0v) is 55.0. The molecule has 0 bridgehead atoms. The third kappa shape index (κ3) is 67.9. The molecule has 0 fully saturated rings. The third-order valence-corrected chi connectivity index (χ3v) is 16.3. The van der Waals surface area contributed by atoms with Gasteiger partial charge in [0.2, 0.25) is 0 Å². The van der Waals surface area contributed by atoms with Gasteiger partial charge in [0.25, 0.3) is 0 Å². The number of carbonyl (C=O) groups excluding carboxylic acids is 3. The standard InChI is InChI=1S/C76H138O6/c1-4-7-10-13-16-19-22-25-27-29-31-32-33-34-35-36-37-38-39-40-41-42-43-44-45-47-48-51-54-57-60-63-66-69-75(78)81-72-73(71-80-74(77)68-65-62-59-56-53-50-24-21-18-15-12-9-6-3)82-76(79)70-67-64-61-58-55-52-49-46-30-28-26-23-20-17-14-11-8-5-2/h7,10,16,19,25,27-28,30-32,73H,4-6,8-9,11-15,17-18,20-24,26,29,33-72H2,1-3H3/b10-7-,19-16-,27-25-,30-28-,32-31-. The molecule has 0 aromatic heterocycles. The van der Waals surface area contributed by atoms with E-state index in [0.29, 0.717) is 19.3 Å². The van der Waals surface area contributed by atoms with Gasteiger partial charge in [-0.1, -0.05) is 345 Å². The minimum absolute atomic E-state index is 0.0690. The summed E-state index contributed by atoms with van der Waals surface area (Å²) in [4.78, 5) is 38.4. The molecule has 0 spiro atoms. The van der Waals surface area contributed by atoms with E-state index < -0.39 is 6.10 Å². The minimum Gasteiger partial charge on any atom is -0.462 e. The van der Waals surface area contributed by atoms with E-state index >= 15 is 0 Å². The van der Waals surface area contributed by atoms with Gasteiger partial charge < -0.3 is 14.2 Å². The van der Waals surface area contributed by atoms with Crippen molar-refractivity contribution in [3.63, 3.8) is 0 Å². The molecule has 0 N–H and O–H groups in total. The van der Waals surface area contributed by atoms with E-state index in [0.717, 1.165) is 83.5 Å². The molecular weight excluding hydrogens is 1010 g/mol. The number of allylic oxidation sites excluding steroid dienone is 10. The van der Waals surface area contributed by atoms with Crippen molar-refractivity contribution in [2.24, 2.45) is 0 Å². The second-order valence-electron chi connectivity index (χ2n) is 24.5. The molecule has 0 aromatic rings. The fourth-order valence-corrected chi connectivity index (χ4v) is 10.8. The van der Waals surface area contributed by atoms with E-state index in [-0.39, 0.29) is 31.1 Å². The predicted octanol–water partition coefficient (Wildman–Crippen LogP) is 25.1. The summed E-state index contributed by atoms with van der Waals surface area (Å²) in [5.74, 6) is -0.846. The van der Waals surface area contributed by atoms with Crippen molar-refractivity contribution in [3.05, 3.63) is 60.8 Å². The van der Waals surface area contributed by atoms with Gasteiger partial charge in [-0.15, -0.1) is 0 Å². The first-order valence-electron chi connectivity index (χ1n) is 36.3. The zero-order valence-electron chi connectivity index (χ0n) is 55.0. The zero-order chi connectivity index (χ0) is 59.2. The summed E-state index contributed by atoms with van der Waals surface area (Å²) in [5.41, 5.74) is 0. The fourth-order valence-electron chi connectivity index (χ4n) is 10.8. The minimum atomic E-state index is -0.773. The molecule has 0 rings (SSSR count). The molecule has 1 atom stereocenters. The first-order valence-corrected chi connectivity index (χ1v) is 36.3. The Hall–Kier alpha value is -2.89. The molecule has 0 heterocycles. The Kier molecular flexibility index (Phi) is 68.1. The summed E-state index contributed by atoms with van der Waals surface area (Å²) in [6.07, 6.45) is 91.2. The average Bonchev–Trinajstić information content (AvgIpc) is 3.47. The van der Waals surface area contributed by atoms with Crippen LogP contribution in [0.2, 0.25) is 0 Å². The van der Waals surface area contributed by atoms with E-state index in [1.165, 1.54) is 263 Å². The van der Waals surface area contributed by atoms with Crippen LogP contribution in [0.15, 0.2) is 60.8 Å². The van der Waals surface area contributed by atoms with Gasteiger partial charge in [0.1, 0.15) is 13.2 Å². The summed E-state index contributed by atoms with van der Waals surface area (Å²) in [7, 11) is 0. The molecule has 0 aliphatic rings. The third-order valence-electron chi connectivity index (χ3n) is 16.3. The molecule has 0 aromatic carbocycles. The van der Waals surface area contributed by atoms with Crippen LogP contribution in [0.3, 0.4) is 0 Å². The van der Waals surface area contributed by atoms with Crippen molar-refractivity contribution in [2.75, 3.05) is 13.2 Å². The summed E-state index contributed by atoms with van der Waals surface area (Å²) < 4.78 is 17.0. The largest absolute Gasteiger partial charge is 0.462 e. The van der Waals surface area contributed by atoms with Crippen molar-refractivity contribution >= 4 is 17.9 Å². The quantitative estimate of drug-likeness (QED) is 0.0261. The molecule has 478 valence electrons. The van der Waals surface area contributed by atoms with Crippen LogP contribution < -0.4 is 0 Å². The Morgan fingerprint density at radius 1 is 0.256 bits per heavy atom. The number of esters is 3. The molecule has 0 radical (unpaired) electrons. The molecule has 82 heavy (non-hydrogen) atoms. The molecule has 1 unspecified atom stereocenters. The van der Waals surface area contributed by atoms with E-state index in [1.807, 2.05) is 0 Å².